The second-order valence-corrected chi connectivity index (χ2v) is 7.36. The van der Waals surface area contributed by atoms with Gasteiger partial charge in [0.05, 0.1) is 18.2 Å². The Bertz CT molecular complexity index is 689. The molecule has 0 aromatic carbocycles. The molecule has 1 aromatic rings. The van der Waals surface area contributed by atoms with Crippen molar-refractivity contribution in [2.24, 2.45) is 0 Å². The molecule has 0 radical (unpaired) electrons. The van der Waals surface area contributed by atoms with Gasteiger partial charge in [-0.05, 0) is 40.2 Å². The second kappa shape index (κ2) is 7.39. The SMILES string of the molecule is Cc1nc(CNC(=O)OC(C)(C)C)cc(Cl)c1C1CCC(=O)NC1=O. The van der Waals surface area contributed by atoms with E-state index in [2.05, 4.69) is 15.6 Å². The first-order chi connectivity index (χ1) is 11.6. The standard InChI is InChI=1S/C17H22ClN3O4/c1-9-14(11-5-6-13(22)21-15(11)23)12(18)7-10(20-9)8-19-16(24)25-17(2,3)4/h7,11H,5-6,8H2,1-4H3,(H,19,24)(H,21,22,23). The molecule has 1 aliphatic heterocycles. The smallest absolute Gasteiger partial charge is 0.407 e. The van der Waals surface area contributed by atoms with Crippen molar-refractivity contribution >= 4 is 29.5 Å². The van der Waals surface area contributed by atoms with Gasteiger partial charge in [-0.15, -0.1) is 0 Å². The summed E-state index contributed by atoms with van der Waals surface area (Å²) in [6.07, 6.45) is 0.133. The van der Waals surface area contributed by atoms with Crippen molar-refractivity contribution < 1.29 is 19.1 Å². The van der Waals surface area contributed by atoms with E-state index in [1.807, 2.05) is 0 Å². The van der Waals surface area contributed by atoms with Crippen molar-refractivity contribution in [3.05, 3.63) is 28.0 Å². The number of carbonyl (C=O) groups is 3. The third-order valence-electron chi connectivity index (χ3n) is 3.65. The van der Waals surface area contributed by atoms with Crippen LogP contribution in [0.15, 0.2) is 6.07 Å². The van der Waals surface area contributed by atoms with Gasteiger partial charge >= 0.3 is 6.09 Å². The van der Waals surface area contributed by atoms with Gasteiger partial charge in [-0.2, -0.15) is 0 Å². The first-order valence-electron chi connectivity index (χ1n) is 8.03. The Morgan fingerprint density at radius 1 is 1.44 bits per heavy atom. The van der Waals surface area contributed by atoms with Crippen LogP contribution in [0.1, 0.15) is 56.5 Å². The van der Waals surface area contributed by atoms with Gasteiger partial charge in [0.1, 0.15) is 5.60 Å². The van der Waals surface area contributed by atoms with E-state index in [4.69, 9.17) is 16.3 Å². The van der Waals surface area contributed by atoms with Crippen molar-refractivity contribution in [2.75, 3.05) is 0 Å². The summed E-state index contributed by atoms with van der Waals surface area (Å²) in [6, 6.07) is 1.62. The molecule has 1 unspecified atom stereocenters. The van der Waals surface area contributed by atoms with Crippen LogP contribution >= 0.6 is 11.6 Å². The molecule has 7 nitrogen and oxygen atoms in total. The van der Waals surface area contributed by atoms with E-state index < -0.39 is 17.6 Å². The van der Waals surface area contributed by atoms with Crippen molar-refractivity contribution in [1.29, 1.82) is 0 Å². The fraction of sp³-hybridized carbons (Fsp3) is 0.529. The number of piperidine rings is 1. The van der Waals surface area contributed by atoms with Crippen LogP contribution < -0.4 is 10.6 Å². The highest BCUT2D eigenvalue weighted by Crippen LogP contribution is 2.32. The minimum Gasteiger partial charge on any atom is -0.444 e. The molecule has 3 amide bonds. The lowest BCUT2D eigenvalue weighted by Gasteiger charge is -2.23. The van der Waals surface area contributed by atoms with Gasteiger partial charge in [0.2, 0.25) is 11.8 Å². The Labute approximate surface area is 151 Å². The number of alkyl carbamates (subject to hydrolysis) is 1. The van der Waals surface area contributed by atoms with Crippen LogP contribution in [-0.2, 0) is 20.9 Å². The number of nitrogens with zero attached hydrogens (tertiary/aromatic N) is 1. The van der Waals surface area contributed by atoms with E-state index in [1.165, 1.54) is 0 Å². The van der Waals surface area contributed by atoms with Gasteiger partial charge < -0.3 is 10.1 Å². The summed E-state index contributed by atoms with van der Waals surface area (Å²) in [7, 11) is 0. The maximum absolute atomic E-state index is 12.1. The van der Waals surface area contributed by atoms with Crippen LogP contribution in [0, 0.1) is 6.92 Å². The lowest BCUT2D eigenvalue weighted by Crippen LogP contribution is -2.40. The summed E-state index contributed by atoms with van der Waals surface area (Å²) >= 11 is 6.34. The van der Waals surface area contributed by atoms with Crippen LogP contribution in [0.2, 0.25) is 5.02 Å². The zero-order chi connectivity index (χ0) is 18.8. The van der Waals surface area contributed by atoms with Crippen molar-refractivity contribution in [3.8, 4) is 0 Å². The second-order valence-electron chi connectivity index (χ2n) is 6.95. The topological polar surface area (TPSA) is 97.4 Å². The highest BCUT2D eigenvalue weighted by atomic mass is 35.5. The number of imide groups is 1. The molecule has 136 valence electrons. The largest absolute Gasteiger partial charge is 0.444 e. The Kier molecular flexibility index (Phi) is 5.67. The monoisotopic (exact) mass is 367 g/mol. The molecule has 2 rings (SSSR count). The van der Waals surface area contributed by atoms with Crippen LogP contribution in [-0.4, -0.2) is 28.5 Å². The molecule has 0 spiro atoms. The molecule has 8 heteroatoms. The summed E-state index contributed by atoms with van der Waals surface area (Å²) in [4.78, 5) is 39.5. The molecule has 0 saturated carbocycles. The number of pyridine rings is 1. The lowest BCUT2D eigenvalue weighted by molar-refractivity contribution is -0.134. The number of aromatic nitrogens is 1. The van der Waals surface area contributed by atoms with Gasteiger partial charge in [0.15, 0.2) is 0 Å². The van der Waals surface area contributed by atoms with E-state index in [9.17, 15) is 14.4 Å². The van der Waals surface area contributed by atoms with Crippen molar-refractivity contribution in [3.63, 3.8) is 0 Å². The lowest BCUT2D eigenvalue weighted by atomic mass is 9.89. The fourth-order valence-corrected chi connectivity index (χ4v) is 3.05. The van der Waals surface area contributed by atoms with Gasteiger partial charge in [-0.25, -0.2) is 4.79 Å². The first-order valence-corrected chi connectivity index (χ1v) is 8.41. The van der Waals surface area contributed by atoms with Crippen LogP contribution in [0.3, 0.4) is 0 Å². The molecule has 0 aliphatic carbocycles. The molecule has 1 saturated heterocycles. The predicted molar refractivity (Wildman–Crippen MR) is 92.2 cm³/mol. The maximum atomic E-state index is 12.1. The highest BCUT2D eigenvalue weighted by molar-refractivity contribution is 6.31. The van der Waals surface area contributed by atoms with Gasteiger partial charge in [-0.1, -0.05) is 11.6 Å². The molecule has 1 atom stereocenters. The highest BCUT2D eigenvalue weighted by Gasteiger charge is 2.31. The van der Waals surface area contributed by atoms with Gasteiger partial charge in [-0.3, -0.25) is 19.9 Å². The zero-order valence-corrected chi connectivity index (χ0v) is 15.5. The number of hydrogen-bond donors (Lipinski definition) is 2. The van der Waals surface area contributed by atoms with Crippen molar-refractivity contribution in [2.45, 2.75) is 58.6 Å². The van der Waals surface area contributed by atoms with Gasteiger partial charge in [0.25, 0.3) is 0 Å². The van der Waals surface area contributed by atoms with Crippen LogP contribution in [0.25, 0.3) is 0 Å². The molecular weight excluding hydrogens is 346 g/mol. The number of amides is 3. The van der Waals surface area contributed by atoms with E-state index in [0.717, 1.165) is 0 Å². The average Bonchev–Trinajstić information content (AvgIpc) is 2.45. The minimum atomic E-state index is -0.583. The number of aryl methyl sites for hydroxylation is 1. The predicted octanol–water partition coefficient (Wildman–Crippen LogP) is 2.59. The van der Waals surface area contributed by atoms with E-state index in [1.54, 1.807) is 33.8 Å². The molecule has 1 fully saturated rings. The van der Waals surface area contributed by atoms with Crippen LogP contribution in [0.4, 0.5) is 4.79 Å². The molecule has 25 heavy (non-hydrogen) atoms. The number of rotatable bonds is 3. The summed E-state index contributed by atoms with van der Waals surface area (Å²) in [5.74, 6) is -1.13. The fourth-order valence-electron chi connectivity index (χ4n) is 2.66. The number of hydrogen-bond acceptors (Lipinski definition) is 5. The molecule has 2 heterocycles. The molecule has 1 aliphatic rings. The Hall–Kier alpha value is -2.15. The van der Waals surface area contributed by atoms with Gasteiger partial charge in [0, 0.05) is 22.7 Å². The van der Waals surface area contributed by atoms with E-state index in [-0.39, 0.29) is 24.8 Å². The summed E-state index contributed by atoms with van der Waals surface area (Å²) in [5.41, 5.74) is 1.20. The quantitative estimate of drug-likeness (QED) is 0.800. The summed E-state index contributed by atoms with van der Waals surface area (Å²) in [5, 5.41) is 5.33. The Morgan fingerprint density at radius 3 is 2.68 bits per heavy atom. The van der Waals surface area contributed by atoms with Crippen LogP contribution in [0.5, 0.6) is 0 Å². The van der Waals surface area contributed by atoms with Crippen molar-refractivity contribution in [1.82, 2.24) is 15.6 Å². The molecule has 1 aromatic heterocycles. The first kappa shape index (κ1) is 19.2. The normalized spacial score (nSPS) is 17.9. The minimum absolute atomic E-state index is 0.158. The number of nitrogens with one attached hydrogen (secondary N) is 2. The average molecular weight is 368 g/mol. The summed E-state index contributed by atoms with van der Waals surface area (Å²) < 4.78 is 5.17. The third kappa shape index (κ3) is 5.16. The number of carbonyl (C=O) groups excluding carboxylic acids is 3. The Morgan fingerprint density at radius 2 is 2.12 bits per heavy atom. The third-order valence-corrected chi connectivity index (χ3v) is 3.96. The molecule has 0 bridgehead atoms. The molecular formula is C17H22ClN3O4. The Balaban J connectivity index is 2.11. The summed E-state index contributed by atoms with van der Waals surface area (Å²) in [6.45, 7) is 7.24. The maximum Gasteiger partial charge on any atom is 0.407 e. The number of halogens is 1. The number of ether oxygens (including phenoxy) is 1. The van der Waals surface area contributed by atoms with E-state index >= 15 is 0 Å². The molecule has 2 N–H and O–H groups in total. The van der Waals surface area contributed by atoms with E-state index in [0.29, 0.717) is 28.4 Å². The zero-order valence-electron chi connectivity index (χ0n) is 14.7.